The minimum absolute atomic E-state index is 0.113. The maximum Gasteiger partial charge on any atom is 0.251 e. The molecule has 0 radical (unpaired) electrons. The van der Waals surface area contributed by atoms with Gasteiger partial charge in [-0.1, -0.05) is 6.07 Å². The molecule has 0 unspecified atom stereocenters. The lowest BCUT2D eigenvalue weighted by Crippen LogP contribution is -2.26. The molecule has 1 N–H and O–H groups in total. The third-order valence-electron chi connectivity index (χ3n) is 4.18. The molecule has 0 bridgehead atoms. The van der Waals surface area contributed by atoms with Crippen LogP contribution in [0.25, 0.3) is 5.82 Å². The number of amides is 1. The maximum atomic E-state index is 12.4. The van der Waals surface area contributed by atoms with Crippen molar-refractivity contribution in [2.24, 2.45) is 0 Å². The fraction of sp³-hybridized carbons (Fsp3) is 0.200. The van der Waals surface area contributed by atoms with Gasteiger partial charge in [-0.3, -0.25) is 4.79 Å². The summed E-state index contributed by atoms with van der Waals surface area (Å²) in [5, 5.41) is 2.95. The first-order chi connectivity index (χ1) is 12.8. The Hall–Kier alpha value is -3.28. The minimum atomic E-state index is -0.113. The van der Waals surface area contributed by atoms with E-state index in [1.54, 1.807) is 18.3 Å². The van der Waals surface area contributed by atoms with E-state index in [2.05, 4.69) is 10.3 Å². The first-order valence-corrected chi connectivity index (χ1v) is 8.56. The first kappa shape index (κ1) is 16.2. The number of carbonyl (C=O) groups is 1. The number of carbonyl (C=O) groups excluding carboxylic acids is 1. The summed E-state index contributed by atoms with van der Waals surface area (Å²) in [6, 6.07) is 13.2. The highest BCUT2D eigenvalue weighted by Crippen LogP contribution is 2.30. The van der Waals surface area contributed by atoms with Crippen LogP contribution in [0.4, 0.5) is 0 Å². The summed E-state index contributed by atoms with van der Waals surface area (Å²) in [5.74, 6) is 2.15. The number of benzene rings is 1. The van der Waals surface area contributed by atoms with E-state index < -0.39 is 0 Å². The molecular weight excluding hydrogens is 330 g/mol. The van der Waals surface area contributed by atoms with Gasteiger partial charge in [-0.05, 0) is 48.4 Å². The van der Waals surface area contributed by atoms with Crippen molar-refractivity contribution in [1.82, 2.24) is 14.9 Å². The Kier molecular flexibility index (Phi) is 4.55. The van der Waals surface area contributed by atoms with Crippen molar-refractivity contribution in [1.29, 1.82) is 0 Å². The highest BCUT2D eigenvalue weighted by Gasteiger charge is 2.12. The van der Waals surface area contributed by atoms with Gasteiger partial charge in [0.25, 0.3) is 5.91 Å². The zero-order valence-corrected chi connectivity index (χ0v) is 14.2. The summed E-state index contributed by atoms with van der Waals surface area (Å²) >= 11 is 0. The van der Waals surface area contributed by atoms with Crippen molar-refractivity contribution in [3.8, 4) is 17.3 Å². The van der Waals surface area contributed by atoms with Gasteiger partial charge < -0.3 is 19.4 Å². The standard InChI is InChI=1S/C20H19N3O3/c24-20(16-6-8-21-19(14-16)23-9-1-2-10-23)22-7-5-15-3-4-17-18(13-15)26-12-11-25-17/h1-4,6,8-10,13-14H,5,7,11-12H2,(H,22,24). The van der Waals surface area contributed by atoms with Crippen molar-refractivity contribution in [2.75, 3.05) is 19.8 Å². The number of nitrogens with zero attached hydrogens (tertiary/aromatic N) is 2. The van der Waals surface area contributed by atoms with Gasteiger partial charge in [0.2, 0.25) is 0 Å². The van der Waals surface area contributed by atoms with Gasteiger partial charge in [-0.25, -0.2) is 4.98 Å². The maximum absolute atomic E-state index is 12.4. The predicted octanol–water partition coefficient (Wildman–Crippen LogP) is 2.62. The average Bonchev–Trinajstić information content (AvgIpc) is 3.23. The first-order valence-electron chi connectivity index (χ1n) is 8.56. The lowest BCUT2D eigenvalue weighted by Gasteiger charge is -2.18. The zero-order chi connectivity index (χ0) is 17.8. The van der Waals surface area contributed by atoms with Crippen LogP contribution in [0.1, 0.15) is 15.9 Å². The van der Waals surface area contributed by atoms with Crippen LogP contribution in [-0.4, -0.2) is 35.2 Å². The summed E-state index contributed by atoms with van der Waals surface area (Å²) in [4.78, 5) is 16.7. The molecule has 6 heteroatoms. The molecule has 26 heavy (non-hydrogen) atoms. The van der Waals surface area contributed by atoms with Gasteiger partial charge in [-0.2, -0.15) is 0 Å². The molecule has 132 valence electrons. The Balaban J connectivity index is 1.36. The number of fused-ring (bicyclic) bond motifs is 1. The highest BCUT2D eigenvalue weighted by molar-refractivity contribution is 5.94. The molecule has 6 nitrogen and oxygen atoms in total. The zero-order valence-electron chi connectivity index (χ0n) is 14.2. The lowest BCUT2D eigenvalue weighted by molar-refractivity contribution is 0.0954. The monoisotopic (exact) mass is 349 g/mol. The molecule has 0 fully saturated rings. The number of rotatable bonds is 5. The van der Waals surface area contributed by atoms with Crippen LogP contribution >= 0.6 is 0 Å². The van der Waals surface area contributed by atoms with Gasteiger partial charge in [0.15, 0.2) is 11.5 Å². The minimum Gasteiger partial charge on any atom is -0.486 e. The third-order valence-corrected chi connectivity index (χ3v) is 4.18. The van der Waals surface area contributed by atoms with E-state index in [4.69, 9.17) is 9.47 Å². The summed E-state index contributed by atoms with van der Waals surface area (Å²) in [5.41, 5.74) is 1.68. The largest absolute Gasteiger partial charge is 0.486 e. The van der Waals surface area contributed by atoms with Crippen molar-refractivity contribution in [3.05, 3.63) is 72.2 Å². The second kappa shape index (κ2) is 7.31. The topological polar surface area (TPSA) is 65.4 Å². The molecule has 1 aliphatic rings. The number of nitrogens with one attached hydrogen (secondary N) is 1. The van der Waals surface area contributed by atoms with Gasteiger partial charge >= 0.3 is 0 Å². The second-order valence-electron chi connectivity index (χ2n) is 5.98. The summed E-state index contributed by atoms with van der Waals surface area (Å²) < 4.78 is 13.0. The number of ether oxygens (including phenoxy) is 2. The molecule has 0 atom stereocenters. The smallest absolute Gasteiger partial charge is 0.251 e. The van der Waals surface area contributed by atoms with Crippen LogP contribution in [0, 0.1) is 0 Å². The van der Waals surface area contributed by atoms with E-state index in [1.807, 2.05) is 47.3 Å². The van der Waals surface area contributed by atoms with E-state index in [-0.39, 0.29) is 5.91 Å². The number of hydrogen-bond acceptors (Lipinski definition) is 4. The van der Waals surface area contributed by atoms with Crippen molar-refractivity contribution in [2.45, 2.75) is 6.42 Å². The van der Waals surface area contributed by atoms with Crippen LogP contribution in [0.3, 0.4) is 0 Å². The van der Waals surface area contributed by atoms with Crippen LogP contribution < -0.4 is 14.8 Å². The Bertz CT molecular complexity index is 906. The van der Waals surface area contributed by atoms with Gasteiger partial charge in [-0.15, -0.1) is 0 Å². The molecule has 0 saturated heterocycles. The Morgan fingerprint density at radius 2 is 1.88 bits per heavy atom. The Morgan fingerprint density at radius 1 is 1.08 bits per heavy atom. The number of pyridine rings is 1. The van der Waals surface area contributed by atoms with Crippen LogP contribution in [0.5, 0.6) is 11.5 Å². The molecule has 0 aliphatic carbocycles. The van der Waals surface area contributed by atoms with Crippen LogP contribution in [-0.2, 0) is 6.42 Å². The van der Waals surface area contributed by atoms with E-state index in [9.17, 15) is 4.79 Å². The molecule has 3 heterocycles. The van der Waals surface area contributed by atoms with Crippen molar-refractivity contribution in [3.63, 3.8) is 0 Å². The van der Waals surface area contributed by atoms with Crippen molar-refractivity contribution >= 4 is 5.91 Å². The fourth-order valence-corrected chi connectivity index (χ4v) is 2.85. The molecule has 3 aromatic rings. The van der Waals surface area contributed by atoms with E-state index in [1.165, 1.54) is 0 Å². The normalized spacial score (nSPS) is 12.6. The molecule has 1 amide bonds. The molecule has 1 aromatic carbocycles. The predicted molar refractivity (Wildman–Crippen MR) is 97.0 cm³/mol. The van der Waals surface area contributed by atoms with Gasteiger partial charge in [0.1, 0.15) is 19.0 Å². The quantitative estimate of drug-likeness (QED) is 0.769. The summed E-state index contributed by atoms with van der Waals surface area (Å²) in [7, 11) is 0. The number of aromatic nitrogens is 2. The third kappa shape index (κ3) is 3.54. The Morgan fingerprint density at radius 3 is 2.73 bits per heavy atom. The number of hydrogen-bond donors (Lipinski definition) is 1. The fourth-order valence-electron chi connectivity index (χ4n) is 2.85. The van der Waals surface area contributed by atoms with Gasteiger partial charge in [0, 0.05) is 30.7 Å². The van der Waals surface area contributed by atoms with Gasteiger partial charge in [0.05, 0.1) is 0 Å². The summed E-state index contributed by atoms with van der Waals surface area (Å²) in [6.45, 7) is 1.69. The molecule has 1 aliphatic heterocycles. The van der Waals surface area contributed by atoms with E-state index >= 15 is 0 Å². The SMILES string of the molecule is O=C(NCCc1ccc2c(c1)OCCO2)c1ccnc(-n2cccc2)c1. The second-order valence-corrected chi connectivity index (χ2v) is 5.98. The molecule has 2 aromatic heterocycles. The highest BCUT2D eigenvalue weighted by atomic mass is 16.6. The van der Waals surface area contributed by atoms with E-state index in [0.29, 0.717) is 25.3 Å². The van der Waals surface area contributed by atoms with E-state index in [0.717, 1.165) is 29.3 Å². The Labute approximate surface area is 151 Å². The lowest BCUT2D eigenvalue weighted by atomic mass is 10.1. The van der Waals surface area contributed by atoms with Crippen LogP contribution in [0.2, 0.25) is 0 Å². The molecule has 4 rings (SSSR count). The molecular formula is C20H19N3O3. The summed E-state index contributed by atoms with van der Waals surface area (Å²) in [6.07, 6.45) is 6.15. The van der Waals surface area contributed by atoms with Crippen LogP contribution in [0.15, 0.2) is 61.1 Å². The van der Waals surface area contributed by atoms with Crippen molar-refractivity contribution < 1.29 is 14.3 Å². The molecule has 0 saturated carbocycles. The molecule has 0 spiro atoms. The average molecular weight is 349 g/mol.